The van der Waals surface area contributed by atoms with E-state index in [4.69, 9.17) is 4.74 Å². The van der Waals surface area contributed by atoms with Crippen LogP contribution in [-0.2, 0) is 9.59 Å². The van der Waals surface area contributed by atoms with E-state index < -0.39 is 6.10 Å². The minimum absolute atomic E-state index is 0.0680. The van der Waals surface area contributed by atoms with Crippen molar-refractivity contribution in [3.05, 3.63) is 54.2 Å². The summed E-state index contributed by atoms with van der Waals surface area (Å²) in [6, 6.07) is 13.4. The third-order valence-electron chi connectivity index (χ3n) is 5.60. The van der Waals surface area contributed by atoms with E-state index in [-0.39, 0.29) is 11.8 Å². The third kappa shape index (κ3) is 4.58. The number of pyridine rings is 1. The molecule has 0 spiro atoms. The van der Waals surface area contributed by atoms with Gasteiger partial charge in [0, 0.05) is 30.8 Å². The summed E-state index contributed by atoms with van der Waals surface area (Å²) in [5.41, 5.74) is 0.812. The summed E-state index contributed by atoms with van der Waals surface area (Å²) < 4.78 is 5.96. The molecule has 1 fully saturated rings. The number of amides is 2. The lowest BCUT2D eigenvalue weighted by molar-refractivity contribution is -0.127. The maximum atomic E-state index is 13.1. The Labute approximate surface area is 171 Å². The number of nitrogens with zero attached hydrogens (tertiary/aromatic N) is 2. The van der Waals surface area contributed by atoms with Gasteiger partial charge in [0.05, 0.1) is 0 Å². The molecule has 0 unspecified atom stereocenters. The molecule has 2 amide bonds. The lowest BCUT2D eigenvalue weighted by Crippen LogP contribution is -2.42. The molecule has 29 heavy (non-hydrogen) atoms. The quantitative estimate of drug-likeness (QED) is 0.811. The summed E-state index contributed by atoms with van der Waals surface area (Å²) in [7, 11) is 0. The SMILES string of the molecule is O=C(CCCN1C(=O)[C@H](c2ccccc2)Oc2cccnc21)NC1CCCCC1. The van der Waals surface area contributed by atoms with Gasteiger partial charge in [-0.25, -0.2) is 4.98 Å². The molecule has 6 heteroatoms. The molecule has 1 saturated carbocycles. The average molecular weight is 393 g/mol. The van der Waals surface area contributed by atoms with Crippen LogP contribution in [0.1, 0.15) is 56.6 Å². The number of carbonyl (C=O) groups excluding carboxylic acids is 2. The van der Waals surface area contributed by atoms with Crippen LogP contribution in [0.15, 0.2) is 48.7 Å². The van der Waals surface area contributed by atoms with E-state index in [1.54, 1.807) is 17.2 Å². The van der Waals surface area contributed by atoms with Crippen molar-refractivity contribution in [3.8, 4) is 5.75 Å². The van der Waals surface area contributed by atoms with Crippen LogP contribution < -0.4 is 15.0 Å². The molecule has 152 valence electrons. The van der Waals surface area contributed by atoms with Crippen LogP contribution in [0.25, 0.3) is 0 Å². The minimum atomic E-state index is -0.691. The smallest absolute Gasteiger partial charge is 0.274 e. The largest absolute Gasteiger partial charge is 0.472 e. The van der Waals surface area contributed by atoms with Gasteiger partial charge in [0.25, 0.3) is 5.91 Å². The molecular formula is C23H27N3O3. The van der Waals surface area contributed by atoms with Crippen molar-refractivity contribution in [2.75, 3.05) is 11.4 Å². The van der Waals surface area contributed by atoms with Crippen LogP contribution in [0.2, 0.25) is 0 Å². The Hall–Kier alpha value is -2.89. The Morgan fingerprint density at radius 1 is 1.10 bits per heavy atom. The molecule has 6 nitrogen and oxygen atoms in total. The summed E-state index contributed by atoms with van der Waals surface area (Å²) in [5.74, 6) is 1.04. The Bertz CT molecular complexity index is 849. The minimum Gasteiger partial charge on any atom is -0.472 e. The number of nitrogens with one attached hydrogen (secondary N) is 1. The first-order valence-electron chi connectivity index (χ1n) is 10.5. The van der Waals surface area contributed by atoms with Crippen LogP contribution >= 0.6 is 0 Å². The molecule has 1 atom stereocenters. The van der Waals surface area contributed by atoms with Gasteiger partial charge in [0.1, 0.15) is 0 Å². The first-order chi connectivity index (χ1) is 14.2. The molecule has 2 heterocycles. The molecule has 2 aromatic rings. The molecule has 1 aliphatic heterocycles. The summed E-state index contributed by atoms with van der Waals surface area (Å²) >= 11 is 0. The van der Waals surface area contributed by atoms with Gasteiger partial charge in [-0.05, 0) is 31.4 Å². The van der Waals surface area contributed by atoms with Gasteiger partial charge in [-0.3, -0.25) is 14.5 Å². The lowest BCUT2D eigenvalue weighted by Gasteiger charge is -2.33. The molecule has 1 aromatic carbocycles. The van der Waals surface area contributed by atoms with Gasteiger partial charge in [-0.1, -0.05) is 49.6 Å². The molecule has 0 radical (unpaired) electrons. The maximum absolute atomic E-state index is 13.1. The van der Waals surface area contributed by atoms with Crippen LogP contribution in [0.3, 0.4) is 0 Å². The van der Waals surface area contributed by atoms with Crippen molar-refractivity contribution in [1.82, 2.24) is 10.3 Å². The van der Waals surface area contributed by atoms with Crippen molar-refractivity contribution in [1.29, 1.82) is 0 Å². The molecule has 1 aromatic heterocycles. The van der Waals surface area contributed by atoms with E-state index in [0.717, 1.165) is 18.4 Å². The van der Waals surface area contributed by atoms with Crippen LogP contribution in [-0.4, -0.2) is 29.4 Å². The second kappa shape index (κ2) is 9.07. The third-order valence-corrected chi connectivity index (χ3v) is 5.60. The zero-order valence-corrected chi connectivity index (χ0v) is 16.5. The Kier molecular flexibility index (Phi) is 6.08. The fourth-order valence-electron chi connectivity index (χ4n) is 4.10. The average Bonchev–Trinajstić information content (AvgIpc) is 2.76. The standard InChI is InChI=1S/C23H27N3O3/c27-20(25-18-11-5-2-6-12-18)14-8-16-26-22-19(13-7-15-24-22)29-21(23(26)28)17-9-3-1-4-10-17/h1,3-4,7,9-10,13,15,18,21H,2,5-6,8,11-12,14,16H2,(H,25,27)/t21-/m0/s1. The fourth-order valence-corrected chi connectivity index (χ4v) is 4.10. The molecule has 1 aliphatic carbocycles. The van der Waals surface area contributed by atoms with Crippen molar-refractivity contribution in [3.63, 3.8) is 0 Å². The van der Waals surface area contributed by atoms with E-state index >= 15 is 0 Å². The number of rotatable bonds is 6. The summed E-state index contributed by atoms with van der Waals surface area (Å²) in [5, 5.41) is 3.14. The molecular weight excluding hydrogens is 366 g/mol. The van der Waals surface area contributed by atoms with Crippen molar-refractivity contribution < 1.29 is 14.3 Å². The molecule has 0 bridgehead atoms. The van der Waals surface area contributed by atoms with E-state index in [1.807, 2.05) is 36.4 Å². The van der Waals surface area contributed by atoms with E-state index in [0.29, 0.717) is 37.0 Å². The van der Waals surface area contributed by atoms with Crippen molar-refractivity contribution in [2.45, 2.75) is 57.1 Å². The first kappa shape index (κ1) is 19.4. The molecule has 0 saturated heterocycles. The first-order valence-corrected chi connectivity index (χ1v) is 10.5. The fraction of sp³-hybridized carbons (Fsp3) is 0.435. The van der Waals surface area contributed by atoms with Crippen molar-refractivity contribution >= 4 is 17.6 Å². The molecule has 4 rings (SSSR count). The lowest BCUT2D eigenvalue weighted by atomic mass is 9.95. The number of anilines is 1. The predicted molar refractivity (Wildman–Crippen MR) is 111 cm³/mol. The Morgan fingerprint density at radius 2 is 1.90 bits per heavy atom. The normalized spacial score (nSPS) is 19.4. The van der Waals surface area contributed by atoms with Crippen LogP contribution in [0.5, 0.6) is 5.75 Å². The summed E-state index contributed by atoms with van der Waals surface area (Å²) in [6.07, 6.45) is 7.74. The van der Waals surface area contributed by atoms with Crippen molar-refractivity contribution in [2.24, 2.45) is 0 Å². The highest BCUT2D eigenvalue weighted by Gasteiger charge is 2.36. The zero-order valence-electron chi connectivity index (χ0n) is 16.5. The van der Waals surface area contributed by atoms with Gasteiger partial charge in [-0.2, -0.15) is 0 Å². The highest BCUT2D eigenvalue weighted by molar-refractivity contribution is 5.99. The zero-order chi connectivity index (χ0) is 20.1. The van der Waals surface area contributed by atoms with E-state index in [2.05, 4.69) is 10.3 Å². The van der Waals surface area contributed by atoms with E-state index in [1.165, 1.54) is 19.3 Å². The Morgan fingerprint density at radius 3 is 2.69 bits per heavy atom. The topological polar surface area (TPSA) is 71.5 Å². The highest BCUT2D eigenvalue weighted by atomic mass is 16.5. The number of hydrogen-bond donors (Lipinski definition) is 1. The number of fused-ring (bicyclic) bond motifs is 1. The van der Waals surface area contributed by atoms with Crippen LogP contribution in [0, 0.1) is 0 Å². The second-order valence-corrected chi connectivity index (χ2v) is 7.73. The number of aromatic nitrogens is 1. The van der Waals surface area contributed by atoms with Crippen LogP contribution in [0.4, 0.5) is 5.82 Å². The monoisotopic (exact) mass is 393 g/mol. The number of ether oxygens (including phenoxy) is 1. The highest BCUT2D eigenvalue weighted by Crippen LogP contribution is 2.37. The summed E-state index contributed by atoms with van der Waals surface area (Å²) in [4.78, 5) is 31.5. The predicted octanol–water partition coefficient (Wildman–Crippen LogP) is 3.78. The van der Waals surface area contributed by atoms with Gasteiger partial charge in [-0.15, -0.1) is 0 Å². The summed E-state index contributed by atoms with van der Waals surface area (Å²) in [6.45, 7) is 0.438. The number of benzene rings is 1. The second-order valence-electron chi connectivity index (χ2n) is 7.73. The van der Waals surface area contributed by atoms with E-state index in [9.17, 15) is 9.59 Å². The maximum Gasteiger partial charge on any atom is 0.274 e. The van der Waals surface area contributed by atoms with Gasteiger partial charge >= 0.3 is 0 Å². The number of carbonyl (C=O) groups is 2. The van der Waals surface area contributed by atoms with Gasteiger partial charge in [0.2, 0.25) is 12.0 Å². The molecule has 1 N–H and O–H groups in total. The Balaban J connectivity index is 1.41. The van der Waals surface area contributed by atoms with Gasteiger partial charge in [0.15, 0.2) is 11.6 Å². The number of hydrogen-bond acceptors (Lipinski definition) is 4. The molecule has 2 aliphatic rings. The van der Waals surface area contributed by atoms with Gasteiger partial charge < -0.3 is 10.1 Å².